The highest BCUT2D eigenvalue weighted by Gasteiger charge is 2.21. The molecule has 1 saturated heterocycles. The third-order valence-electron chi connectivity index (χ3n) is 3.86. The lowest BCUT2D eigenvalue weighted by Crippen LogP contribution is -2.47. The van der Waals surface area contributed by atoms with E-state index >= 15 is 0 Å². The summed E-state index contributed by atoms with van der Waals surface area (Å²) in [5, 5.41) is 4.59. The normalized spacial score (nSPS) is 15.4. The molecule has 4 heterocycles. The fraction of sp³-hybridized carbons (Fsp3) is 0.286. The largest absolute Gasteiger partial charge is 0.352 e. The number of hydrogen-bond acceptors (Lipinski definition) is 6. The Morgan fingerprint density at radius 2 is 1.78 bits per heavy atom. The second-order valence-corrected chi connectivity index (χ2v) is 6.02. The third kappa shape index (κ3) is 2.61. The molecule has 0 aromatic carbocycles. The minimum absolute atomic E-state index is 0.361. The van der Waals surface area contributed by atoms with Crippen molar-refractivity contribution in [1.29, 1.82) is 0 Å². The van der Waals surface area contributed by atoms with Crippen molar-refractivity contribution in [3.8, 4) is 0 Å². The molecule has 7 nitrogen and oxygen atoms in total. The zero-order valence-electron chi connectivity index (χ0n) is 12.1. The van der Waals surface area contributed by atoms with Gasteiger partial charge in [0.2, 0.25) is 0 Å². The Kier molecular flexibility index (Phi) is 3.56. The Balaban J connectivity index is 1.52. The fourth-order valence-electron chi connectivity index (χ4n) is 2.69. The van der Waals surface area contributed by atoms with Crippen LogP contribution in [0.15, 0.2) is 35.5 Å². The molecular formula is C14H13BrFN7. The van der Waals surface area contributed by atoms with Crippen LogP contribution in [0, 0.1) is 5.82 Å². The van der Waals surface area contributed by atoms with Gasteiger partial charge < -0.3 is 9.80 Å². The fourth-order valence-corrected chi connectivity index (χ4v) is 3.05. The summed E-state index contributed by atoms with van der Waals surface area (Å²) >= 11 is 3.43. The molecule has 0 saturated carbocycles. The van der Waals surface area contributed by atoms with Crippen LogP contribution in [0.5, 0.6) is 0 Å². The van der Waals surface area contributed by atoms with E-state index in [0.717, 1.165) is 29.2 Å². The molecule has 0 spiro atoms. The van der Waals surface area contributed by atoms with Crippen LogP contribution in [0.3, 0.4) is 0 Å². The van der Waals surface area contributed by atoms with Crippen molar-refractivity contribution in [1.82, 2.24) is 24.6 Å². The molecule has 23 heavy (non-hydrogen) atoms. The Hall–Kier alpha value is -2.29. The van der Waals surface area contributed by atoms with Gasteiger partial charge in [0, 0.05) is 26.2 Å². The Morgan fingerprint density at radius 3 is 2.57 bits per heavy atom. The molecule has 0 bridgehead atoms. The van der Waals surface area contributed by atoms with E-state index in [1.807, 2.05) is 17.0 Å². The van der Waals surface area contributed by atoms with Crippen molar-refractivity contribution < 1.29 is 4.39 Å². The number of nitrogens with zero attached hydrogens (tertiary/aromatic N) is 7. The smallest absolute Gasteiger partial charge is 0.183 e. The molecule has 0 unspecified atom stereocenters. The highest BCUT2D eigenvalue weighted by molar-refractivity contribution is 9.10. The first kappa shape index (κ1) is 14.3. The number of piperazine rings is 1. The van der Waals surface area contributed by atoms with Crippen LogP contribution >= 0.6 is 15.9 Å². The van der Waals surface area contributed by atoms with Gasteiger partial charge >= 0.3 is 0 Å². The molecule has 0 radical (unpaired) electrons. The summed E-state index contributed by atoms with van der Waals surface area (Å²) in [6, 6.07) is 3.89. The topological polar surface area (TPSA) is 62.5 Å². The summed E-state index contributed by atoms with van der Waals surface area (Å²) < 4.78 is 16.3. The standard InChI is InChI=1S/C14H13BrFN7/c15-11-8-18-12-1-2-13(20-23(11)12)21-3-5-22(6-4-21)14-10(16)7-17-9-19-14/h1-2,7-9H,3-6H2. The van der Waals surface area contributed by atoms with Crippen molar-refractivity contribution in [2.24, 2.45) is 0 Å². The molecule has 1 fully saturated rings. The predicted octanol–water partition coefficient (Wildman–Crippen LogP) is 1.75. The first-order valence-electron chi connectivity index (χ1n) is 7.18. The van der Waals surface area contributed by atoms with Gasteiger partial charge in [0.1, 0.15) is 16.7 Å². The average Bonchev–Trinajstić information content (AvgIpc) is 2.96. The summed E-state index contributed by atoms with van der Waals surface area (Å²) in [5.41, 5.74) is 0.794. The molecule has 0 atom stereocenters. The minimum Gasteiger partial charge on any atom is -0.352 e. The summed E-state index contributed by atoms with van der Waals surface area (Å²) in [4.78, 5) is 16.1. The predicted molar refractivity (Wildman–Crippen MR) is 87.1 cm³/mol. The van der Waals surface area contributed by atoms with Gasteiger partial charge in [-0.25, -0.2) is 23.9 Å². The van der Waals surface area contributed by atoms with Gasteiger partial charge in [0.25, 0.3) is 0 Å². The van der Waals surface area contributed by atoms with E-state index in [4.69, 9.17) is 0 Å². The quantitative estimate of drug-likeness (QED) is 0.677. The summed E-state index contributed by atoms with van der Waals surface area (Å²) in [5.74, 6) is 0.849. The van der Waals surface area contributed by atoms with E-state index in [0.29, 0.717) is 18.9 Å². The third-order valence-corrected chi connectivity index (χ3v) is 4.40. The molecule has 3 aromatic rings. The lowest BCUT2D eigenvalue weighted by molar-refractivity contribution is 0.580. The maximum Gasteiger partial charge on any atom is 0.183 e. The molecular weight excluding hydrogens is 365 g/mol. The minimum atomic E-state index is -0.386. The van der Waals surface area contributed by atoms with Crippen molar-refractivity contribution in [3.63, 3.8) is 0 Å². The Bertz CT molecular complexity index is 844. The summed E-state index contributed by atoms with van der Waals surface area (Å²) in [7, 11) is 0. The van der Waals surface area contributed by atoms with Crippen LogP contribution in [0.4, 0.5) is 16.0 Å². The molecule has 1 aliphatic rings. The number of anilines is 2. The zero-order chi connectivity index (χ0) is 15.8. The first-order valence-corrected chi connectivity index (χ1v) is 7.97. The van der Waals surface area contributed by atoms with E-state index in [-0.39, 0.29) is 5.82 Å². The van der Waals surface area contributed by atoms with Gasteiger partial charge in [0.15, 0.2) is 17.3 Å². The van der Waals surface area contributed by atoms with Crippen LogP contribution < -0.4 is 9.80 Å². The van der Waals surface area contributed by atoms with Gasteiger partial charge in [0.05, 0.1) is 12.4 Å². The second kappa shape index (κ2) is 5.73. The summed E-state index contributed by atoms with van der Waals surface area (Å²) in [6.07, 6.45) is 4.29. The second-order valence-electron chi connectivity index (χ2n) is 5.21. The number of halogens is 2. The van der Waals surface area contributed by atoms with Gasteiger partial charge in [-0.05, 0) is 28.1 Å². The van der Waals surface area contributed by atoms with Gasteiger partial charge in [-0.1, -0.05) is 0 Å². The van der Waals surface area contributed by atoms with Crippen LogP contribution in [-0.4, -0.2) is 50.7 Å². The van der Waals surface area contributed by atoms with Crippen LogP contribution in [0.2, 0.25) is 0 Å². The van der Waals surface area contributed by atoms with Crippen molar-refractivity contribution in [3.05, 3.63) is 41.3 Å². The van der Waals surface area contributed by atoms with Gasteiger partial charge in [-0.15, -0.1) is 5.10 Å². The number of fused-ring (bicyclic) bond motifs is 1. The highest BCUT2D eigenvalue weighted by Crippen LogP contribution is 2.20. The Labute approximate surface area is 139 Å². The Morgan fingerprint density at radius 1 is 1.00 bits per heavy atom. The summed E-state index contributed by atoms with van der Waals surface area (Å²) in [6.45, 7) is 2.85. The maximum atomic E-state index is 13.8. The molecule has 0 amide bonds. The van der Waals surface area contributed by atoms with E-state index < -0.39 is 0 Å². The highest BCUT2D eigenvalue weighted by atomic mass is 79.9. The van der Waals surface area contributed by atoms with E-state index in [2.05, 4.69) is 40.9 Å². The average molecular weight is 378 g/mol. The molecule has 3 aromatic heterocycles. The van der Waals surface area contributed by atoms with Crippen molar-refractivity contribution >= 4 is 33.2 Å². The molecule has 9 heteroatoms. The number of imidazole rings is 1. The number of rotatable bonds is 2. The lowest BCUT2D eigenvalue weighted by Gasteiger charge is -2.35. The molecule has 118 valence electrons. The van der Waals surface area contributed by atoms with E-state index in [1.54, 1.807) is 10.7 Å². The first-order chi connectivity index (χ1) is 11.2. The number of aromatic nitrogens is 5. The monoisotopic (exact) mass is 377 g/mol. The molecule has 0 aliphatic carbocycles. The van der Waals surface area contributed by atoms with E-state index in [9.17, 15) is 4.39 Å². The van der Waals surface area contributed by atoms with E-state index in [1.165, 1.54) is 12.5 Å². The van der Waals surface area contributed by atoms with Crippen LogP contribution in [-0.2, 0) is 0 Å². The van der Waals surface area contributed by atoms with Gasteiger partial charge in [-0.3, -0.25) is 0 Å². The number of hydrogen-bond donors (Lipinski definition) is 0. The molecule has 1 aliphatic heterocycles. The lowest BCUT2D eigenvalue weighted by atomic mass is 10.3. The molecule has 0 N–H and O–H groups in total. The van der Waals surface area contributed by atoms with Crippen molar-refractivity contribution in [2.45, 2.75) is 0 Å². The van der Waals surface area contributed by atoms with Crippen LogP contribution in [0.1, 0.15) is 0 Å². The maximum absolute atomic E-state index is 13.8. The van der Waals surface area contributed by atoms with Crippen LogP contribution in [0.25, 0.3) is 5.65 Å². The van der Waals surface area contributed by atoms with Crippen molar-refractivity contribution in [2.75, 3.05) is 36.0 Å². The SMILES string of the molecule is Fc1cncnc1N1CCN(c2ccc3ncc(Br)n3n2)CC1. The van der Waals surface area contributed by atoms with Gasteiger partial charge in [-0.2, -0.15) is 0 Å². The zero-order valence-corrected chi connectivity index (χ0v) is 13.7. The molecule has 4 rings (SSSR count).